The molecule has 1 aromatic carbocycles. The number of carboxylic acid groups (broad SMARTS) is 1. The van der Waals surface area contributed by atoms with E-state index in [0.29, 0.717) is 13.6 Å². The molecule has 0 aliphatic heterocycles. The number of carbonyl (C=O) groups is 2. The summed E-state index contributed by atoms with van der Waals surface area (Å²) in [7, 11) is 0. The van der Waals surface area contributed by atoms with E-state index in [2.05, 4.69) is 21.2 Å². The third kappa shape index (κ3) is 5.99. The Bertz CT molecular complexity index is 562. The molecule has 1 aromatic rings. The van der Waals surface area contributed by atoms with Gasteiger partial charge < -0.3 is 20.3 Å². The Morgan fingerprint density at radius 3 is 2.45 bits per heavy atom. The van der Waals surface area contributed by atoms with Crippen LogP contribution >= 0.6 is 38.5 Å². The van der Waals surface area contributed by atoms with Crippen molar-refractivity contribution in [3.63, 3.8) is 0 Å². The van der Waals surface area contributed by atoms with Gasteiger partial charge in [-0.3, -0.25) is 0 Å². The summed E-state index contributed by atoms with van der Waals surface area (Å²) in [4.78, 5) is 23.0. The molecule has 122 valence electrons. The predicted octanol–water partition coefficient (Wildman–Crippen LogP) is 3.28. The molecule has 0 heterocycles. The molecule has 0 aromatic heterocycles. The van der Waals surface area contributed by atoms with Crippen molar-refractivity contribution in [2.24, 2.45) is 0 Å². The summed E-state index contributed by atoms with van der Waals surface area (Å²) in [5.41, 5.74) is -0.0399. The Hall–Kier alpha value is -1.03. The van der Waals surface area contributed by atoms with Gasteiger partial charge in [-0.2, -0.15) is 0 Å². The van der Waals surface area contributed by atoms with Crippen molar-refractivity contribution >= 4 is 50.6 Å². The van der Waals surface area contributed by atoms with E-state index < -0.39 is 23.7 Å². The summed E-state index contributed by atoms with van der Waals surface area (Å²) in [6.07, 6.45) is -0.712. The average molecular weight is 486 g/mol. The monoisotopic (exact) mass is 485 g/mol. The zero-order valence-corrected chi connectivity index (χ0v) is 16.1. The number of aliphatic carboxylic acids is 1. The molecular weight excluding hydrogens is 469 g/mol. The first-order valence-corrected chi connectivity index (χ1v) is 8.26. The molecule has 8 heteroatoms. The number of rotatable bonds is 4. The minimum Gasteiger partial charge on any atom is -0.506 e. The standard InChI is InChI=1S/C14H17BrINO5/c1-14(2,3)22-13(21)17-10(12(19)20)6-7-4-8(15)11(18)9(16)5-7/h4-5,10,18H,6H2,1-3H3,(H,17,21)(H,19,20)/t10-/m0/s1. The van der Waals surface area contributed by atoms with Gasteiger partial charge in [0.05, 0.1) is 8.04 Å². The van der Waals surface area contributed by atoms with E-state index in [1.54, 1.807) is 32.9 Å². The van der Waals surface area contributed by atoms with Gasteiger partial charge in [0.25, 0.3) is 0 Å². The van der Waals surface area contributed by atoms with Crippen molar-refractivity contribution in [1.29, 1.82) is 0 Å². The molecule has 0 saturated heterocycles. The number of carboxylic acids is 1. The van der Waals surface area contributed by atoms with Crippen LogP contribution in [0.25, 0.3) is 0 Å². The molecule has 0 saturated carbocycles. The van der Waals surface area contributed by atoms with Crippen LogP contribution < -0.4 is 5.32 Å². The average Bonchev–Trinajstić information content (AvgIpc) is 2.32. The summed E-state index contributed by atoms with van der Waals surface area (Å²) in [6, 6.07) is 2.15. The Morgan fingerprint density at radius 1 is 1.41 bits per heavy atom. The Balaban J connectivity index is 2.85. The van der Waals surface area contributed by atoms with E-state index in [1.165, 1.54) is 0 Å². The number of halogens is 2. The first kappa shape index (κ1) is 19.0. The SMILES string of the molecule is CC(C)(C)OC(=O)N[C@@H](Cc1cc(Br)c(O)c(I)c1)C(=O)O. The lowest BCUT2D eigenvalue weighted by Gasteiger charge is -2.22. The number of alkyl carbamates (subject to hydrolysis) is 1. The number of hydrogen-bond donors (Lipinski definition) is 3. The van der Waals surface area contributed by atoms with Crippen molar-refractivity contribution in [1.82, 2.24) is 5.32 Å². The third-order valence-corrected chi connectivity index (χ3v) is 3.93. The van der Waals surface area contributed by atoms with Crippen LogP contribution in [0.4, 0.5) is 4.79 Å². The van der Waals surface area contributed by atoms with E-state index in [4.69, 9.17) is 4.74 Å². The maximum Gasteiger partial charge on any atom is 0.408 e. The summed E-state index contributed by atoms with van der Waals surface area (Å²) in [5.74, 6) is -1.07. The van der Waals surface area contributed by atoms with Crippen molar-refractivity contribution in [3.8, 4) is 5.75 Å². The van der Waals surface area contributed by atoms with E-state index in [9.17, 15) is 19.8 Å². The summed E-state index contributed by atoms with van der Waals surface area (Å²) >= 11 is 5.14. The number of amides is 1. The molecule has 0 spiro atoms. The van der Waals surface area contributed by atoms with Crippen molar-refractivity contribution in [3.05, 3.63) is 25.7 Å². The normalized spacial score (nSPS) is 12.6. The fourth-order valence-electron chi connectivity index (χ4n) is 1.62. The van der Waals surface area contributed by atoms with Gasteiger partial charge in [-0.25, -0.2) is 9.59 Å². The Kier molecular flexibility index (Phi) is 6.48. The highest BCUT2D eigenvalue weighted by atomic mass is 127. The van der Waals surface area contributed by atoms with Gasteiger partial charge in [0, 0.05) is 6.42 Å². The maximum absolute atomic E-state index is 11.7. The molecular formula is C14H17BrINO5. The first-order valence-electron chi connectivity index (χ1n) is 6.39. The highest BCUT2D eigenvalue weighted by molar-refractivity contribution is 14.1. The highest BCUT2D eigenvalue weighted by Gasteiger charge is 2.24. The largest absolute Gasteiger partial charge is 0.506 e. The Morgan fingerprint density at radius 2 is 2.00 bits per heavy atom. The molecule has 0 bridgehead atoms. The zero-order valence-electron chi connectivity index (χ0n) is 12.3. The van der Waals surface area contributed by atoms with Crippen LogP contribution in [0.3, 0.4) is 0 Å². The number of phenols is 1. The quantitative estimate of drug-likeness (QED) is 0.569. The van der Waals surface area contributed by atoms with Gasteiger partial charge in [0.1, 0.15) is 17.4 Å². The number of ether oxygens (including phenoxy) is 1. The molecule has 0 aliphatic carbocycles. The molecule has 1 rings (SSSR count). The molecule has 3 N–H and O–H groups in total. The Labute approximate surface area is 150 Å². The van der Waals surface area contributed by atoms with Crippen LogP contribution in [-0.2, 0) is 16.0 Å². The van der Waals surface area contributed by atoms with Gasteiger partial charge in [0.2, 0.25) is 0 Å². The summed E-state index contributed by atoms with van der Waals surface area (Å²) in [6.45, 7) is 5.09. The lowest BCUT2D eigenvalue weighted by Crippen LogP contribution is -2.44. The molecule has 22 heavy (non-hydrogen) atoms. The van der Waals surface area contributed by atoms with Gasteiger partial charge in [-0.1, -0.05) is 0 Å². The van der Waals surface area contributed by atoms with Crippen molar-refractivity contribution < 1.29 is 24.5 Å². The fourth-order valence-corrected chi connectivity index (χ4v) is 3.19. The number of carbonyl (C=O) groups excluding carboxylic acids is 1. The summed E-state index contributed by atoms with van der Waals surface area (Å²) in [5, 5.41) is 21.3. The number of benzene rings is 1. The number of phenolic OH excluding ortho intramolecular Hbond substituents is 1. The molecule has 0 aliphatic rings. The van der Waals surface area contributed by atoms with Gasteiger partial charge in [-0.05, 0) is 77.0 Å². The van der Waals surface area contributed by atoms with Crippen LogP contribution in [0.15, 0.2) is 16.6 Å². The maximum atomic E-state index is 11.7. The first-order chi connectivity index (χ1) is 9.99. The van der Waals surface area contributed by atoms with E-state index in [1.807, 2.05) is 22.6 Å². The van der Waals surface area contributed by atoms with E-state index >= 15 is 0 Å². The number of aromatic hydroxyl groups is 1. The van der Waals surface area contributed by atoms with Crippen molar-refractivity contribution in [2.75, 3.05) is 0 Å². The highest BCUT2D eigenvalue weighted by Crippen LogP contribution is 2.30. The van der Waals surface area contributed by atoms with Gasteiger partial charge in [-0.15, -0.1) is 0 Å². The van der Waals surface area contributed by atoms with Crippen LogP contribution in [0, 0.1) is 3.57 Å². The lowest BCUT2D eigenvalue weighted by molar-refractivity contribution is -0.139. The van der Waals surface area contributed by atoms with Crippen LogP contribution in [-0.4, -0.2) is 33.9 Å². The second-order valence-corrected chi connectivity index (χ2v) is 7.67. The predicted molar refractivity (Wildman–Crippen MR) is 93.0 cm³/mol. The molecule has 0 radical (unpaired) electrons. The van der Waals surface area contributed by atoms with E-state index in [-0.39, 0.29) is 12.2 Å². The minimum absolute atomic E-state index is 0.0729. The second kappa shape index (κ2) is 7.49. The smallest absolute Gasteiger partial charge is 0.408 e. The summed E-state index contributed by atoms with van der Waals surface area (Å²) < 4.78 is 6.11. The lowest BCUT2D eigenvalue weighted by atomic mass is 10.1. The second-order valence-electron chi connectivity index (χ2n) is 5.65. The number of hydrogen-bond acceptors (Lipinski definition) is 4. The van der Waals surface area contributed by atoms with E-state index in [0.717, 1.165) is 0 Å². The molecule has 1 amide bonds. The number of nitrogens with one attached hydrogen (secondary N) is 1. The molecule has 0 unspecified atom stereocenters. The van der Waals surface area contributed by atoms with Crippen LogP contribution in [0.1, 0.15) is 26.3 Å². The topological polar surface area (TPSA) is 95.9 Å². The molecule has 1 atom stereocenters. The molecule has 6 nitrogen and oxygen atoms in total. The fraction of sp³-hybridized carbons (Fsp3) is 0.429. The van der Waals surface area contributed by atoms with Crippen LogP contribution in [0.2, 0.25) is 0 Å². The van der Waals surface area contributed by atoms with Gasteiger partial charge >= 0.3 is 12.1 Å². The zero-order chi connectivity index (χ0) is 17.1. The van der Waals surface area contributed by atoms with Crippen molar-refractivity contribution in [2.45, 2.75) is 38.8 Å². The third-order valence-electron chi connectivity index (χ3n) is 2.51. The van der Waals surface area contributed by atoms with Crippen LogP contribution in [0.5, 0.6) is 5.75 Å². The minimum atomic E-state index is -1.16. The molecule has 0 fully saturated rings. The van der Waals surface area contributed by atoms with Gasteiger partial charge in [0.15, 0.2) is 0 Å².